The first-order valence-electron chi connectivity index (χ1n) is 5.17. The van der Waals surface area contributed by atoms with Crippen LogP contribution in [0.5, 0.6) is 0 Å². The van der Waals surface area contributed by atoms with Crippen LogP contribution in [0.3, 0.4) is 0 Å². The normalized spacial score (nSPS) is 12.2. The van der Waals surface area contributed by atoms with E-state index in [9.17, 15) is 17.1 Å². The molecule has 0 aliphatic heterocycles. The SMILES string of the molecule is Cc1sc2ncn(CCS(=O)(=O)F)c(=O)c2c1C. The van der Waals surface area contributed by atoms with Crippen molar-refractivity contribution in [2.45, 2.75) is 20.4 Å². The van der Waals surface area contributed by atoms with Crippen molar-refractivity contribution in [1.82, 2.24) is 9.55 Å². The van der Waals surface area contributed by atoms with Gasteiger partial charge in [-0.2, -0.15) is 8.42 Å². The molecular weight excluding hydrogens is 279 g/mol. The maximum Gasteiger partial charge on any atom is 0.304 e. The fourth-order valence-corrected chi connectivity index (χ4v) is 3.04. The number of rotatable bonds is 3. The Hall–Kier alpha value is -1.28. The van der Waals surface area contributed by atoms with E-state index in [2.05, 4.69) is 4.98 Å². The van der Waals surface area contributed by atoms with E-state index in [0.29, 0.717) is 10.2 Å². The van der Waals surface area contributed by atoms with Gasteiger partial charge in [-0.1, -0.05) is 0 Å². The first kappa shape index (κ1) is 13.2. The Kier molecular flexibility index (Phi) is 3.24. The van der Waals surface area contributed by atoms with E-state index >= 15 is 0 Å². The van der Waals surface area contributed by atoms with Gasteiger partial charge in [0.1, 0.15) is 4.83 Å². The fourth-order valence-electron chi connectivity index (χ4n) is 1.64. The van der Waals surface area contributed by atoms with Crippen molar-refractivity contribution in [3.8, 4) is 0 Å². The molecule has 0 aliphatic carbocycles. The lowest BCUT2D eigenvalue weighted by Crippen LogP contribution is -2.23. The highest BCUT2D eigenvalue weighted by molar-refractivity contribution is 7.86. The maximum absolute atomic E-state index is 12.4. The van der Waals surface area contributed by atoms with Gasteiger partial charge in [-0.05, 0) is 19.4 Å². The van der Waals surface area contributed by atoms with Gasteiger partial charge in [-0.3, -0.25) is 9.36 Å². The largest absolute Gasteiger partial charge is 0.304 e. The lowest BCUT2D eigenvalue weighted by atomic mass is 10.2. The van der Waals surface area contributed by atoms with Crippen molar-refractivity contribution < 1.29 is 12.3 Å². The number of hydrogen-bond acceptors (Lipinski definition) is 5. The van der Waals surface area contributed by atoms with E-state index in [4.69, 9.17) is 0 Å². The molecular formula is C10H11FN2O3S2. The minimum atomic E-state index is -4.58. The number of halogens is 1. The second-order valence-electron chi connectivity index (χ2n) is 3.95. The van der Waals surface area contributed by atoms with Crippen LogP contribution < -0.4 is 5.56 Å². The van der Waals surface area contributed by atoms with Gasteiger partial charge in [0.15, 0.2) is 0 Å². The van der Waals surface area contributed by atoms with Crippen LogP contribution in [0.15, 0.2) is 11.1 Å². The Balaban J connectivity index is 2.51. The summed E-state index contributed by atoms with van der Waals surface area (Å²) in [5.74, 6) is -0.720. The molecule has 5 nitrogen and oxygen atoms in total. The molecule has 2 aromatic heterocycles. The summed E-state index contributed by atoms with van der Waals surface area (Å²) in [5.41, 5.74) is 0.510. The number of nitrogens with zero attached hydrogens (tertiary/aromatic N) is 2. The maximum atomic E-state index is 12.4. The third kappa shape index (κ3) is 2.44. The lowest BCUT2D eigenvalue weighted by Gasteiger charge is -2.03. The molecule has 0 aliphatic rings. The molecule has 18 heavy (non-hydrogen) atoms. The third-order valence-corrected chi connectivity index (χ3v) is 4.52. The molecule has 0 saturated carbocycles. The van der Waals surface area contributed by atoms with Crippen LogP contribution in [0.25, 0.3) is 10.2 Å². The van der Waals surface area contributed by atoms with Gasteiger partial charge in [0, 0.05) is 11.4 Å². The molecule has 2 rings (SSSR count). The summed E-state index contributed by atoms with van der Waals surface area (Å²) in [6.45, 7) is 3.47. The van der Waals surface area contributed by atoms with Crippen molar-refractivity contribution >= 4 is 31.8 Å². The number of thiophene rings is 1. The predicted molar refractivity (Wildman–Crippen MR) is 68.2 cm³/mol. The molecule has 0 spiro atoms. The first-order valence-corrected chi connectivity index (χ1v) is 7.54. The minimum absolute atomic E-state index is 0.227. The quantitative estimate of drug-likeness (QED) is 0.801. The molecule has 0 unspecified atom stereocenters. The van der Waals surface area contributed by atoms with E-state index in [1.165, 1.54) is 17.7 Å². The van der Waals surface area contributed by atoms with Crippen LogP contribution in [-0.4, -0.2) is 23.7 Å². The highest BCUT2D eigenvalue weighted by Crippen LogP contribution is 2.25. The average Bonchev–Trinajstić information content (AvgIpc) is 2.53. The third-order valence-electron chi connectivity index (χ3n) is 2.73. The summed E-state index contributed by atoms with van der Waals surface area (Å²) in [5, 5.41) is 0.483. The van der Waals surface area contributed by atoms with Crippen molar-refractivity contribution in [3.05, 3.63) is 27.1 Å². The van der Waals surface area contributed by atoms with Crippen molar-refractivity contribution in [2.24, 2.45) is 0 Å². The van der Waals surface area contributed by atoms with Gasteiger partial charge in [-0.15, -0.1) is 15.2 Å². The predicted octanol–water partition coefficient (Wildman–Crippen LogP) is 1.37. The number of aryl methyl sites for hydroxylation is 3. The zero-order chi connectivity index (χ0) is 13.5. The first-order chi connectivity index (χ1) is 8.29. The summed E-state index contributed by atoms with van der Waals surface area (Å²) in [7, 11) is -4.58. The van der Waals surface area contributed by atoms with Gasteiger partial charge in [0.2, 0.25) is 0 Å². The summed E-state index contributed by atoms with van der Waals surface area (Å²) >= 11 is 1.41. The highest BCUT2D eigenvalue weighted by atomic mass is 32.3. The monoisotopic (exact) mass is 290 g/mol. The Bertz CT molecular complexity index is 761. The van der Waals surface area contributed by atoms with E-state index in [1.54, 1.807) is 0 Å². The van der Waals surface area contributed by atoms with E-state index in [0.717, 1.165) is 15.0 Å². The molecule has 0 fully saturated rings. The molecule has 0 bridgehead atoms. The topological polar surface area (TPSA) is 69.0 Å². The molecule has 0 atom stereocenters. The van der Waals surface area contributed by atoms with Crippen LogP contribution in [0.1, 0.15) is 10.4 Å². The summed E-state index contributed by atoms with van der Waals surface area (Å²) in [4.78, 5) is 17.8. The Morgan fingerprint density at radius 2 is 2.11 bits per heavy atom. The minimum Gasteiger partial charge on any atom is -0.298 e. The van der Waals surface area contributed by atoms with Crippen LogP contribution in [0.4, 0.5) is 3.89 Å². The Morgan fingerprint density at radius 1 is 1.44 bits per heavy atom. The van der Waals surface area contributed by atoms with Crippen molar-refractivity contribution in [2.75, 3.05) is 5.75 Å². The second kappa shape index (κ2) is 4.43. The average molecular weight is 290 g/mol. The van der Waals surface area contributed by atoms with Gasteiger partial charge in [-0.25, -0.2) is 4.98 Å². The summed E-state index contributed by atoms with van der Waals surface area (Å²) in [6, 6.07) is 0. The molecule has 0 aromatic carbocycles. The van der Waals surface area contributed by atoms with E-state index in [-0.39, 0.29) is 12.1 Å². The zero-order valence-electron chi connectivity index (χ0n) is 9.81. The molecule has 2 heterocycles. The summed E-state index contributed by atoms with van der Waals surface area (Å²) in [6.07, 6.45) is 1.26. The van der Waals surface area contributed by atoms with Crippen molar-refractivity contribution in [1.29, 1.82) is 0 Å². The summed E-state index contributed by atoms with van der Waals surface area (Å²) < 4.78 is 34.5. The molecule has 0 radical (unpaired) electrons. The molecule has 98 valence electrons. The van der Waals surface area contributed by atoms with Gasteiger partial charge in [0.25, 0.3) is 5.56 Å². The molecule has 0 saturated heterocycles. The molecule has 2 aromatic rings. The van der Waals surface area contributed by atoms with Crippen LogP contribution in [-0.2, 0) is 16.8 Å². The van der Waals surface area contributed by atoms with Gasteiger partial charge in [0.05, 0.1) is 17.5 Å². The molecule has 0 amide bonds. The fraction of sp³-hybridized carbons (Fsp3) is 0.400. The van der Waals surface area contributed by atoms with Gasteiger partial charge >= 0.3 is 10.2 Å². The second-order valence-corrected chi connectivity index (χ2v) is 6.64. The number of aromatic nitrogens is 2. The van der Waals surface area contributed by atoms with Crippen LogP contribution in [0, 0.1) is 13.8 Å². The zero-order valence-corrected chi connectivity index (χ0v) is 11.4. The Morgan fingerprint density at radius 3 is 2.72 bits per heavy atom. The standard InChI is InChI=1S/C10H11FN2O3S2/c1-6-7(2)17-9-8(6)10(14)13(5-12-9)3-4-18(11,15)16/h5H,3-4H2,1-2H3. The number of hydrogen-bond donors (Lipinski definition) is 0. The Labute approximate surface area is 107 Å². The smallest absolute Gasteiger partial charge is 0.298 e. The highest BCUT2D eigenvalue weighted by Gasteiger charge is 2.13. The van der Waals surface area contributed by atoms with Gasteiger partial charge < -0.3 is 0 Å². The molecule has 0 N–H and O–H groups in total. The van der Waals surface area contributed by atoms with E-state index in [1.807, 2.05) is 13.8 Å². The van der Waals surface area contributed by atoms with Crippen molar-refractivity contribution in [3.63, 3.8) is 0 Å². The van der Waals surface area contributed by atoms with Crippen LogP contribution >= 0.6 is 11.3 Å². The van der Waals surface area contributed by atoms with E-state index < -0.39 is 16.0 Å². The lowest BCUT2D eigenvalue weighted by molar-refractivity contribution is 0.544. The van der Waals surface area contributed by atoms with Crippen LogP contribution in [0.2, 0.25) is 0 Å². The number of fused-ring (bicyclic) bond motifs is 1. The molecule has 8 heteroatoms.